The van der Waals surface area contributed by atoms with Crippen molar-refractivity contribution in [2.75, 3.05) is 25.1 Å². The predicted molar refractivity (Wildman–Crippen MR) is 127 cm³/mol. The molecule has 0 unspecified atom stereocenters. The molecule has 1 saturated carbocycles. The Kier molecular flexibility index (Phi) is 6.53. The number of rotatable bonds is 6. The molecule has 4 heterocycles. The molecule has 2 fully saturated rings. The first-order valence-corrected chi connectivity index (χ1v) is 12.1. The van der Waals surface area contributed by atoms with E-state index in [1.54, 1.807) is 12.3 Å². The van der Waals surface area contributed by atoms with E-state index in [2.05, 4.69) is 15.3 Å². The summed E-state index contributed by atoms with van der Waals surface area (Å²) in [6.45, 7) is 2.95. The minimum absolute atomic E-state index is 0.0318. The highest BCUT2D eigenvalue weighted by Gasteiger charge is 2.20. The molecule has 33 heavy (non-hydrogen) atoms. The number of nitrogens with zero attached hydrogens (tertiary/aromatic N) is 4. The summed E-state index contributed by atoms with van der Waals surface area (Å²) in [7, 11) is 0. The smallest absolute Gasteiger partial charge is 0.294 e. The van der Waals surface area contributed by atoms with Crippen LogP contribution in [0, 0.1) is 11.8 Å². The molecule has 1 aliphatic carbocycles. The maximum Gasteiger partial charge on any atom is 0.294 e. The van der Waals surface area contributed by atoms with Gasteiger partial charge in [-0.3, -0.25) is 9.36 Å². The zero-order valence-corrected chi connectivity index (χ0v) is 18.9. The van der Waals surface area contributed by atoms with Crippen molar-refractivity contribution in [2.45, 2.75) is 51.5 Å². The number of pyridine rings is 2. The molecule has 0 atom stereocenters. The third-order valence-corrected chi connectivity index (χ3v) is 6.90. The van der Waals surface area contributed by atoms with Crippen molar-refractivity contribution >= 4 is 17.0 Å². The number of anilines is 1. The van der Waals surface area contributed by atoms with E-state index in [1.807, 2.05) is 16.7 Å². The number of hydrogen-bond acceptors (Lipinski definition) is 7. The first kappa shape index (κ1) is 21.8. The number of aromatic nitrogens is 4. The van der Waals surface area contributed by atoms with Gasteiger partial charge < -0.3 is 15.2 Å². The molecule has 0 aromatic carbocycles. The Bertz CT molecular complexity index is 1150. The number of nitrogens with one attached hydrogen (secondary N) is 1. The van der Waals surface area contributed by atoms with E-state index >= 15 is 0 Å². The molecule has 3 aromatic heterocycles. The van der Waals surface area contributed by atoms with Crippen LogP contribution in [-0.2, 0) is 11.3 Å². The molecule has 0 radical (unpaired) electrons. The highest BCUT2D eigenvalue weighted by Crippen LogP contribution is 2.27. The van der Waals surface area contributed by atoms with E-state index in [0.717, 1.165) is 51.0 Å². The van der Waals surface area contributed by atoms with Gasteiger partial charge in [0.2, 0.25) is 5.88 Å². The molecular weight excluding hydrogens is 418 g/mol. The van der Waals surface area contributed by atoms with Crippen molar-refractivity contribution in [3.8, 4) is 17.1 Å². The van der Waals surface area contributed by atoms with E-state index in [-0.39, 0.29) is 11.4 Å². The normalized spacial score (nSPS) is 17.9. The number of aromatic hydroxyl groups is 1. The molecule has 5 rings (SSSR count). The summed E-state index contributed by atoms with van der Waals surface area (Å²) >= 11 is 0. The van der Waals surface area contributed by atoms with Gasteiger partial charge in [-0.05, 0) is 55.7 Å². The molecule has 2 aliphatic rings. The Morgan fingerprint density at radius 2 is 1.82 bits per heavy atom. The van der Waals surface area contributed by atoms with Crippen LogP contribution in [-0.4, -0.2) is 44.4 Å². The Hall–Kier alpha value is -3.00. The molecule has 8 heteroatoms. The fourth-order valence-corrected chi connectivity index (χ4v) is 4.92. The van der Waals surface area contributed by atoms with Crippen molar-refractivity contribution < 1.29 is 9.84 Å². The number of fused-ring (bicyclic) bond motifs is 1. The minimum Gasteiger partial charge on any atom is -0.493 e. The highest BCUT2D eigenvalue weighted by atomic mass is 16.5. The van der Waals surface area contributed by atoms with Gasteiger partial charge in [0.1, 0.15) is 5.52 Å². The Morgan fingerprint density at radius 3 is 2.58 bits per heavy atom. The maximum absolute atomic E-state index is 13.5. The average molecular weight is 450 g/mol. The second kappa shape index (κ2) is 9.87. The van der Waals surface area contributed by atoms with Gasteiger partial charge in [0.05, 0.1) is 5.69 Å². The monoisotopic (exact) mass is 449 g/mol. The summed E-state index contributed by atoms with van der Waals surface area (Å²) < 4.78 is 7.28. The zero-order valence-electron chi connectivity index (χ0n) is 18.9. The van der Waals surface area contributed by atoms with Crippen molar-refractivity contribution in [3.63, 3.8) is 0 Å². The summed E-state index contributed by atoms with van der Waals surface area (Å²) in [5, 5.41) is 12.9. The second-order valence-corrected chi connectivity index (χ2v) is 9.26. The molecule has 1 saturated heterocycles. The predicted octanol–water partition coefficient (Wildman–Crippen LogP) is 3.98. The van der Waals surface area contributed by atoms with Crippen molar-refractivity contribution in [2.24, 2.45) is 11.8 Å². The van der Waals surface area contributed by atoms with Gasteiger partial charge in [0, 0.05) is 44.1 Å². The van der Waals surface area contributed by atoms with Gasteiger partial charge >= 0.3 is 0 Å². The standard InChI is InChI=1S/C25H31N5O3/c31-22-9-6-19(15-26-22)20-7-8-21-24(29-20)30(16-18-4-2-1-3-5-18)25(32)23(28-21)27-14-17-10-12-33-13-11-17/h6-9,15,17-18H,1-5,10-14,16H2,(H,26,31)(H,27,28). The lowest BCUT2D eigenvalue weighted by Gasteiger charge is -2.24. The molecular formula is C25H31N5O3. The minimum atomic E-state index is -0.103. The number of ether oxygens (including phenoxy) is 1. The maximum atomic E-state index is 13.5. The lowest BCUT2D eigenvalue weighted by atomic mass is 9.89. The molecule has 8 nitrogen and oxygen atoms in total. The van der Waals surface area contributed by atoms with Crippen molar-refractivity contribution in [1.82, 2.24) is 19.5 Å². The van der Waals surface area contributed by atoms with Crippen LogP contribution in [0.25, 0.3) is 22.4 Å². The summed E-state index contributed by atoms with van der Waals surface area (Å²) in [4.78, 5) is 27.0. The Balaban J connectivity index is 1.51. The van der Waals surface area contributed by atoms with E-state index in [1.165, 1.54) is 25.3 Å². The van der Waals surface area contributed by atoms with Crippen LogP contribution in [0.5, 0.6) is 5.88 Å². The molecule has 1 aliphatic heterocycles. The van der Waals surface area contributed by atoms with Gasteiger partial charge in [-0.25, -0.2) is 15.0 Å². The molecule has 174 valence electrons. The first-order chi connectivity index (χ1) is 16.2. The van der Waals surface area contributed by atoms with Crippen molar-refractivity contribution in [1.29, 1.82) is 0 Å². The Labute approximate surface area is 193 Å². The number of hydrogen-bond donors (Lipinski definition) is 2. The molecule has 2 N–H and O–H groups in total. The first-order valence-electron chi connectivity index (χ1n) is 12.1. The summed E-state index contributed by atoms with van der Waals surface area (Å²) in [6.07, 6.45) is 9.58. The second-order valence-electron chi connectivity index (χ2n) is 9.26. The highest BCUT2D eigenvalue weighted by molar-refractivity contribution is 5.76. The van der Waals surface area contributed by atoms with E-state index in [9.17, 15) is 9.90 Å². The summed E-state index contributed by atoms with van der Waals surface area (Å²) in [5.74, 6) is 1.34. The van der Waals surface area contributed by atoms with Gasteiger partial charge in [-0.2, -0.15) is 0 Å². The molecule has 3 aromatic rings. The van der Waals surface area contributed by atoms with Crippen LogP contribution < -0.4 is 10.9 Å². The fourth-order valence-electron chi connectivity index (χ4n) is 4.92. The van der Waals surface area contributed by atoms with Crippen molar-refractivity contribution in [3.05, 3.63) is 40.8 Å². The van der Waals surface area contributed by atoms with Gasteiger partial charge in [0.15, 0.2) is 11.5 Å². The zero-order chi connectivity index (χ0) is 22.6. The third-order valence-electron chi connectivity index (χ3n) is 6.90. The molecule has 0 amide bonds. The van der Waals surface area contributed by atoms with Crippen LogP contribution in [0.2, 0.25) is 0 Å². The van der Waals surface area contributed by atoms with Crippen LogP contribution in [0.4, 0.5) is 5.82 Å². The Morgan fingerprint density at radius 1 is 1.00 bits per heavy atom. The largest absolute Gasteiger partial charge is 0.493 e. The lowest BCUT2D eigenvalue weighted by molar-refractivity contribution is 0.0699. The van der Waals surface area contributed by atoms with Gasteiger partial charge in [0.25, 0.3) is 5.56 Å². The fraction of sp³-hybridized carbons (Fsp3) is 0.520. The third kappa shape index (κ3) is 5.00. The van der Waals surface area contributed by atoms with Crippen LogP contribution in [0.1, 0.15) is 44.9 Å². The molecule has 0 spiro atoms. The topological polar surface area (TPSA) is 102 Å². The quantitative estimate of drug-likeness (QED) is 0.587. The summed E-state index contributed by atoms with van der Waals surface area (Å²) in [6, 6.07) is 7.12. The van der Waals surface area contributed by atoms with Gasteiger partial charge in [-0.1, -0.05) is 19.3 Å². The van der Waals surface area contributed by atoms with E-state index in [4.69, 9.17) is 9.72 Å². The van der Waals surface area contributed by atoms with Crippen LogP contribution >= 0.6 is 0 Å². The van der Waals surface area contributed by atoms with E-state index in [0.29, 0.717) is 41.1 Å². The average Bonchev–Trinajstić information content (AvgIpc) is 2.86. The van der Waals surface area contributed by atoms with Crippen LogP contribution in [0.3, 0.4) is 0 Å². The van der Waals surface area contributed by atoms with E-state index < -0.39 is 0 Å². The van der Waals surface area contributed by atoms with Crippen LogP contribution in [0.15, 0.2) is 35.3 Å². The SMILES string of the molecule is O=c1c(NCC2CCOCC2)nc2ccc(-c3ccc(O)nc3)nc2n1CC1CCCCC1. The summed E-state index contributed by atoms with van der Waals surface area (Å²) in [5.41, 5.74) is 2.70. The van der Waals surface area contributed by atoms with Gasteiger partial charge in [-0.15, -0.1) is 0 Å². The lowest BCUT2D eigenvalue weighted by Crippen LogP contribution is -2.31. The molecule has 0 bridgehead atoms.